The van der Waals surface area contributed by atoms with E-state index in [0.29, 0.717) is 0 Å². The number of aromatic nitrogens is 4. The fourth-order valence-electron chi connectivity index (χ4n) is 2.16. The quantitative estimate of drug-likeness (QED) is 0.750. The van der Waals surface area contributed by atoms with Gasteiger partial charge in [-0.25, -0.2) is 13.6 Å². The van der Waals surface area contributed by atoms with E-state index in [9.17, 15) is 22.4 Å². The Bertz CT molecular complexity index is 883. The Balaban J connectivity index is 2.31. The molecule has 0 spiro atoms. The van der Waals surface area contributed by atoms with Crippen molar-refractivity contribution in [3.63, 3.8) is 0 Å². The fourth-order valence-corrected chi connectivity index (χ4v) is 2.16. The Morgan fingerprint density at radius 1 is 1.32 bits per heavy atom. The molecular weight excluding hydrogens is 308 g/mol. The average Bonchev–Trinajstić information content (AvgIpc) is 3.06. The van der Waals surface area contributed by atoms with Crippen LogP contribution in [0.1, 0.15) is 12.3 Å². The Kier molecular flexibility index (Phi) is 3.43. The minimum absolute atomic E-state index is 0.0212. The van der Waals surface area contributed by atoms with Crippen molar-refractivity contribution in [3.05, 3.63) is 34.3 Å². The Labute approximate surface area is 119 Å². The van der Waals surface area contributed by atoms with Crippen molar-refractivity contribution in [2.75, 3.05) is 6.67 Å². The average molecular weight is 316 g/mol. The number of H-pyrrole nitrogens is 1. The van der Waals surface area contributed by atoms with Crippen LogP contribution in [0.4, 0.5) is 17.6 Å². The zero-order valence-corrected chi connectivity index (χ0v) is 10.8. The number of hydrogen-bond donors (Lipinski definition) is 1. The Morgan fingerprint density at radius 2 is 2.09 bits per heavy atom. The lowest BCUT2D eigenvalue weighted by Gasteiger charge is -2.04. The van der Waals surface area contributed by atoms with Gasteiger partial charge in [-0.1, -0.05) is 0 Å². The van der Waals surface area contributed by atoms with E-state index in [2.05, 4.69) is 15.2 Å². The summed E-state index contributed by atoms with van der Waals surface area (Å²) in [6.07, 6.45) is -3.01. The summed E-state index contributed by atoms with van der Waals surface area (Å²) in [6.45, 7) is -1.19. The second kappa shape index (κ2) is 5.28. The molecule has 22 heavy (non-hydrogen) atoms. The lowest BCUT2D eigenvalue weighted by atomic mass is 10.1. The zero-order chi connectivity index (χ0) is 15.9. The van der Waals surface area contributed by atoms with Crippen LogP contribution >= 0.6 is 0 Å². The molecule has 3 aromatic rings. The highest BCUT2D eigenvalue weighted by molar-refractivity contribution is 5.90. The van der Waals surface area contributed by atoms with E-state index >= 15 is 0 Å². The summed E-state index contributed by atoms with van der Waals surface area (Å²) in [5, 5.41) is 6.49. The van der Waals surface area contributed by atoms with Gasteiger partial charge in [0.05, 0.1) is 17.6 Å². The SMILES string of the molecule is O=c1[nH]c2ccc(F)c(-c3nnc(C(F)F)o3)c2n1CCF. The summed E-state index contributed by atoms with van der Waals surface area (Å²) in [5.41, 5.74) is -0.810. The van der Waals surface area contributed by atoms with E-state index in [1.54, 1.807) is 0 Å². The van der Waals surface area contributed by atoms with E-state index in [1.165, 1.54) is 6.07 Å². The predicted molar refractivity (Wildman–Crippen MR) is 66.7 cm³/mol. The largest absolute Gasteiger partial charge is 0.415 e. The third-order valence-electron chi connectivity index (χ3n) is 3.03. The van der Waals surface area contributed by atoms with Crippen molar-refractivity contribution in [1.29, 1.82) is 0 Å². The second-order valence-corrected chi connectivity index (χ2v) is 4.34. The molecule has 0 radical (unpaired) electrons. The van der Waals surface area contributed by atoms with Crippen LogP contribution in [0.2, 0.25) is 0 Å². The van der Waals surface area contributed by atoms with Crippen molar-refractivity contribution in [1.82, 2.24) is 19.7 Å². The van der Waals surface area contributed by atoms with E-state index in [-0.39, 0.29) is 23.1 Å². The van der Waals surface area contributed by atoms with E-state index < -0.39 is 36.4 Å². The monoisotopic (exact) mass is 316 g/mol. The van der Waals surface area contributed by atoms with Crippen LogP contribution < -0.4 is 5.69 Å². The van der Waals surface area contributed by atoms with Gasteiger partial charge in [-0.3, -0.25) is 4.57 Å². The lowest BCUT2D eigenvalue weighted by molar-refractivity contribution is 0.116. The number of fused-ring (bicyclic) bond motifs is 1. The molecule has 0 amide bonds. The molecule has 3 rings (SSSR count). The van der Waals surface area contributed by atoms with Gasteiger partial charge in [0.25, 0.3) is 11.8 Å². The number of benzene rings is 1. The van der Waals surface area contributed by atoms with Crippen molar-refractivity contribution in [2.24, 2.45) is 0 Å². The summed E-state index contributed by atoms with van der Waals surface area (Å²) in [6, 6.07) is 2.29. The first-order valence-corrected chi connectivity index (χ1v) is 6.12. The van der Waals surface area contributed by atoms with Crippen molar-refractivity contribution in [2.45, 2.75) is 13.0 Å². The summed E-state index contributed by atoms with van der Waals surface area (Å²) >= 11 is 0. The van der Waals surface area contributed by atoms with Crippen LogP contribution in [0.5, 0.6) is 0 Å². The third-order valence-corrected chi connectivity index (χ3v) is 3.03. The smallest absolute Gasteiger partial charge is 0.326 e. The van der Waals surface area contributed by atoms with E-state index in [0.717, 1.165) is 10.6 Å². The van der Waals surface area contributed by atoms with Gasteiger partial charge in [-0.2, -0.15) is 8.78 Å². The highest BCUT2D eigenvalue weighted by atomic mass is 19.3. The molecule has 6 nitrogen and oxygen atoms in total. The molecule has 0 aliphatic rings. The highest BCUT2D eigenvalue weighted by Crippen LogP contribution is 2.31. The van der Waals surface area contributed by atoms with Crippen LogP contribution in [-0.2, 0) is 6.54 Å². The number of alkyl halides is 3. The molecule has 0 aliphatic carbocycles. The standard InChI is InChI=1S/C12H8F4N4O2/c13-3-4-20-8-6(17-12(20)21)2-1-5(14)7(8)10-18-19-11(22-10)9(15)16/h1-2,9H,3-4H2,(H,17,21). The van der Waals surface area contributed by atoms with Crippen LogP contribution in [0, 0.1) is 5.82 Å². The van der Waals surface area contributed by atoms with Crippen molar-refractivity contribution < 1.29 is 22.0 Å². The van der Waals surface area contributed by atoms with Gasteiger partial charge in [0.15, 0.2) is 0 Å². The first-order chi connectivity index (χ1) is 10.5. The van der Waals surface area contributed by atoms with Gasteiger partial charge in [0.1, 0.15) is 18.1 Å². The summed E-state index contributed by atoms with van der Waals surface area (Å²) < 4.78 is 57.4. The Hall–Kier alpha value is -2.65. The number of rotatable bonds is 4. The van der Waals surface area contributed by atoms with Crippen LogP contribution in [0.15, 0.2) is 21.3 Å². The number of imidazole rings is 1. The molecule has 10 heteroatoms. The minimum atomic E-state index is -3.01. The Morgan fingerprint density at radius 3 is 2.73 bits per heavy atom. The number of hydrogen-bond acceptors (Lipinski definition) is 4. The molecule has 2 aromatic heterocycles. The minimum Gasteiger partial charge on any atom is -0.415 e. The highest BCUT2D eigenvalue weighted by Gasteiger charge is 2.23. The molecule has 0 aliphatic heterocycles. The molecule has 116 valence electrons. The maximum atomic E-state index is 14.1. The number of aromatic amines is 1. The van der Waals surface area contributed by atoms with E-state index in [4.69, 9.17) is 4.42 Å². The van der Waals surface area contributed by atoms with Crippen LogP contribution in [0.25, 0.3) is 22.5 Å². The number of aryl methyl sites for hydroxylation is 1. The molecule has 0 saturated heterocycles. The molecule has 0 saturated carbocycles. The molecule has 2 heterocycles. The molecule has 1 N–H and O–H groups in total. The molecular formula is C12H8F4N4O2. The van der Waals surface area contributed by atoms with Gasteiger partial charge in [-0.05, 0) is 12.1 Å². The van der Waals surface area contributed by atoms with Gasteiger partial charge >= 0.3 is 12.1 Å². The number of nitrogens with one attached hydrogen (secondary N) is 1. The fraction of sp³-hybridized carbons (Fsp3) is 0.250. The first-order valence-electron chi connectivity index (χ1n) is 6.12. The lowest BCUT2D eigenvalue weighted by Crippen LogP contribution is -2.18. The van der Waals surface area contributed by atoms with Crippen LogP contribution in [0.3, 0.4) is 0 Å². The predicted octanol–water partition coefficient (Wildman–Crippen LogP) is 2.43. The van der Waals surface area contributed by atoms with Crippen molar-refractivity contribution in [3.8, 4) is 11.5 Å². The number of nitrogens with zero attached hydrogens (tertiary/aromatic N) is 3. The molecule has 0 fully saturated rings. The normalized spacial score (nSPS) is 11.7. The first kappa shape index (κ1) is 14.3. The molecule has 0 atom stereocenters. The van der Waals surface area contributed by atoms with Gasteiger partial charge in [0.2, 0.25) is 0 Å². The maximum absolute atomic E-state index is 14.1. The number of halogens is 4. The zero-order valence-electron chi connectivity index (χ0n) is 10.8. The maximum Gasteiger partial charge on any atom is 0.326 e. The van der Waals surface area contributed by atoms with E-state index in [1.807, 2.05) is 0 Å². The second-order valence-electron chi connectivity index (χ2n) is 4.34. The molecule has 0 bridgehead atoms. The molecule has 1 aromatic carbocycles. The van der Waals surface area contributed by atoms with Gasteiger partial charge in [0, 0.05) is 0 Å². The summed E-state index contributed by atoms with van der Waals surface area (Å²) in [4.78, 5) is 14.2. The summed E-state index contributed by atoms with van der Waals surface area (Å²) in [5.74, 6) is -2.34. The van der Waals surface area contributed by atoms with Gasteiger partial charge < -0.3 is 9.40 Å². The topological polar surface area (TPSA) is 76.7 Å². The van der Waals surface area contributed by atoms with Crippen molar-refractivity contribution >= 4 is 11.0 Å². The van der Waals surface area contributed by atoms with Crippen LogP contribution in [-0.4, -0.2) is 26.4 Å². The summed E-state index contributed by atoms with van der Waals surface area (Å²) in [7, 11) is 0. The third kappa shape index (κ3) is 2.16. The molecule has 0 unspecified atom stereocenters. The van der Waals surface area contributed by atoms with Gasteiger partial charge in [-0.15, -0.1) is 10.2 Å².